The molecule has 0 radical (unpaired) electrons. The Morgan fingerprint density at radius 3 is 2.63 bits per heavy atom. The predicted octanol–water partition coefficient (Wildman–Crippen LogP) is 6.18. The molecule has 0 atom stereocenters. The molecule has 5 heteroatoms. The maximum absolute atomic E-state index is 11.2. The van der Waals surface area contributed by atoms with Gasteiger partial charge in [-0.25, -0.2) is 9.78 Å². The van der Waals surface area contributed by atoms with Crippen molar-refractivity contribution in [3.63, 3.8) is 0 Å². The summed E-state index contributed by atoms with van der Waals surface area (Å²) < 4.78 is 2.21. The van der Waals surface area contributed by atoms with E-state index in [1.54, 1.807) is 23.9 Å². The van der Waals surface area contributed by atoms with Crippen LogP contribution in [0.2, 0.25) is 0 Å². The smallest absolute Gasteiger partial charge is 0.335 e. The van der Waals surface area contributed by atoms with E-state index < -0.39 is 5.97 Å². The average molecular weight is 387 g/mol. The number of allylic oxidation sites excluding steroid dienone is 3. The van der Waals surface area contributed by atoms with Gasteiger partial charge in [0.15, 0.2) is 5.16 Å². The van der Waals surface area contributed by atoms with Gasteiger partial charge in [-0.2, -0.15) is 0 Å². The molecule has 2 rings (SSSR count). The van der Waals surface area contributed by atoms with Crippen LogP contribution < -0.4 is 0 Å². The van der Waals surface area contributed by atoms with Crippen molar-refractivity contribution in [2.75, 3.05) is 5.75 Å². The van der Waals surface area contributed by atoms with Crippen molar-refractivity contribution in [1.82, 2.24) is 9.55 Å². The second-order valence-corrected chi connectivity index (χ2v) is 8.58. The van der Waals surface area contributed by atoms with E-state index in [-0.39, 0.29) is 5.56 Å². The highest BCUT2D eigenvalue weighted by atomic mass is 32.2. The molecule has 0 saturated heterocycles. The average Bonchev–Trinajstić information content (AvgIpc) is 2.90. The molecule has 146 valence electrons. The molecule has 1 aromatic heterocycles. The van der Waals surface area contributed by atoms with Crippen LogP contribution in [0.4, 0.5) is 0 Å². The first kappa shape index (κ1) is 21.3. The van der Waals surface area contributed by atoms with Crippen molar-refractivity contribution < 1.29 is 9.90 Å². The zero-order valence-electron chi connectivity index (χ0n) is 17.0. The van der Waals surface area contributed by atoms with Crippen LogP contribution in [0, 0.1) is 5.92 Å². The maximum atomic E-state index is 11.2. The van der Waals surface area contributed by atoms with Crippen molar-refractivity contribution in [3.05, 3.63) is 47.1 Å². The van der Waals surface area contributed by atoms with Gasteiger partial charge in [0, 0.05) is 12.3 Å². The van der Waals surface area contributed by atoms with Crippen LogP contribution in [-0.2, 0) is 6.54 Å². The summed E-state index contributed by atoms with van der Waals surface area (Å²) >= 11 is 1.71. The van der Waals surface area contributed by atoms with Crippen LogP contribution in [0.5, 0.6) is 0 Å². The molecule has 4 nitrogen and oxygen atoms in total. The molecule has 2 aromatic rings. The third-order valence-corrected chi connectivity index (χ3v) is 5.15. The Morgan fingerprint density at radius 1 is 1.26 bits per heavy atom. The molecular formula is C22H30N2O2S. The summed E-state index contributed by atoms with van der Waals surface area (Å²) in [4.78, 5) is 16.0. The highest BCUT2D eigenvalue weighted by Gasteiger charge is 2.14. The van der Waals surface area contributed by atoms with Gasteiger partial charge in [-0.3, -0.25) is 0 Å². The monoisotopic (exact) mass is 386 g/mol. The lowest BCUT2D eigenvalue weighted by Gasteiger charge is -2.11. The SMILES string of the molecule is CC(C)=CCC/C(C)=C/CSc1nc2cc(C(=O)O)ccc2n1CC(C)C. The number of carboxylic acids is 1. The van der Waals surface area contributed by atoms with E-state index in [9.17, 15) is 9.90 Å². The molecule has 0 unspecified atom stereocenters. The first-order valence-corrected chi connectivity index (χ1v) is 10.4. The van der Waals surface area contributed by atoms with Crippen molar-refractivity contribution in [2.24, 2.45) is 5.92 Å². The molecule has 0 saturated carbocycles. The Morgan fingerprint density at radius 2 is 2.00 bits per heavy atom. The number of fused-ring (bicyclic) bond motifs is 1. The fourth-order valence-corrected chi connectivity index (χ4v) is 3.85. The molecule has 1 heterocycles. The lowest BCUT2D eigenvalue weighted by molar-refractivity contribution is 0.0697. The molecule has 0 aliphatic carbocycles. The minimum atomic E-state index is -0.917. The number of benzene rings is 1. The van der Waals surface area contributed by atoms with Gasteiger partial charge >= 0.3 is 5.97 Å². The van der Waals surface area contributed by atoms with E-state index in [0.717, 1.165) is 41.3 Å². The number of aromatic carboxylic acids is 1. The molecule has 0 spiro atoms. The first-order valence-electron chi connectivity index (χ1n) is 9.43. The van der Waals surface area contributed by atoms with Crippen molar-refractivity contribution in [1.29, 1.82) is 0 Å². The van der Waals surface area contributed by atoms with Gasteiger partial charge in [0.05, 0.1) is 16.6 Å². The Kier molecular flexibility index (Phi) is 7.72. The van der Waals surface area contributed by atoms with E-state index in [1.165, 1.54) is 11.1 Å². The third-order valence-electron chi connectivity index (χ3n) is 4.24. The Labute approximate surface area is 166 Å². The number of aromatic nitrogens is 2. The molecule has 0 bridgehead atoms. The zero-order valence-corrected chi connectivity index (χ0v) is 17.8. The van der Waals surface area contributed by atoms with E-state index >= 15 is 0 Å². The van der Waals surface area contributed by atoms with Crippen LogP contribution in [0.3, 0.4) is 0 Å². The van der Waals surface area contributed by atoms with Crippen LogP contribution in [0.25, 0.3) is 11.0 Å². The summed E-state index contributed by atoms with van der Waals surface area (Å²) in [5.74, 6) is 0.440. The number of carbonyl (C=O) groups is 1. The van der Waals surface area contributed by atoms with Crippen molar-refractivity contribution in [3.8, 4) is 0 Å². The summed E-state index contributed by atoms with van der Waals surface area (Å²) in [5, 5.41) is 10.2. The highest BCUT2D eigenvalue weighted by molar-refractivity contribution is 7.99. The molecule has 1 N–H and O–H groups in total. The summed E-state index contributed by atoms with van der Waals surface area (Å²) in [6.07, 6.45) is 6.70. The molecular weight excluding hydrogens is 356 g/mol. The molecule has 1 aromatic carbocycles. The summed E-state index contributed by atoms with van der Waals surface area (Å²) in [7, 11) is 0. The summed E-state index contributed by atoms with van der Waals surface area (Å²) in [6.45, 7) is 11.7. The summed E-state index contributed by atoms with van der Waals surface area (Å²) in [5.41, 5.74) is 4.78. The second-order valence-electron chi connectivity index (χ2n) is 7.59. The molecule has 0 amide bonds. The number of rotatable bonds is 9. The summed E-state index contributed by atoms with van der Waals surface area (Å²) in [6, 6.07) is 5.20. The maximum Gasteiger partial charge on any atom is 0.335 e. The third kappa shape index (κ3) is 6.28. The Hall–Kier alpha value is -2.01. The van der Waals surface area contributed by atoms with E-state index in [2.05, 4.69) is 51.3 Å². The van der Waals surface area contributed by atoms with Gasteiger partial charge < -0.3 is 9.67 Å². The standard InChI is InChI=1S/C22H30N2O2S/c1-15(2)7-6-8-17(5)11-12-27-22-23-19-13-18(21(25)26)9-10-20(19)24(22)14-16(3)4/h7,9-11,13,16H,6,8,12,14H2,1-5H3,(H,25,26)/b17-11+. The van der Waals surface area contributed by atoms with Crippen LogP contribution in [-0.4, -0.2) is 26.4 Å². The predicted molar refractivity (Wildman–Crippen MR) is 115 cm³/mol. The van der Waals surface area contributed by atoms with Crippen molar-refractivity contribution >= 4 is 28.8 Å². The van der Waals surface area contributed by atoms with Crippen LogP contribution >= 0.6 is 11.8 Å². The largest absolute Gasteiger partial charge is 0.478 e. The number of thioether (sulfide) groups is 1. The normalized spacial score (nSPS) is 12.0. The van der Waals surface area contributed by atoms with E-state index in [4.69, 9.17) is 4.98 Å². The van der Waals surface area contributed by atoms with E-state index in [1.807, 2.05) is 6.07 Å². The van der Waals surface area contributed by atoms with Gasteiger partial charge in [0.2, 0.25) is 0 Å². The van der Waals surface area contributed by atoms with Crippen LogP contribution in [0.15, 0.2) is 46.7 Å². The van der Waals surface area contributed by atoms with Gasteiger partial charge in [-0.05, 0) is 57.7 Å². The van der Waals surface area contributed by atoms with Gasteiger partial charge in [-0.1, -0.05) is 48.9 Å². The fourth-order valence-electron chi connectivity index (χ4n) is 2.84. The second kappa shape index (κ2) is 9.79. The van der Waals surface area contributed by atoms with Gasteiger partial charge in [-0.15, -0.1) is 0 Å². The molecule has 0 fully saturated rings. The lowest BCUT2D eigenvalue weighted by atomic mass is 10.1. The fraction of sp³-hybridized carbons (Fsp3) is 0.455. The van der Waals surface area contributed by atoms with Crippen molar-refractivity contribution in [2.45, 2.75) is 59.2 Å². The Bertz CT molecular complexity index is 859. The molecule has 0 aliphatic heterocycles. The number of carboxylic acid groups (broad SMARTS) is 1. The highest BCUT2D eigenvalue weighted by Crippen LogP contribution is 2.26. The molecule has 0 aliphatic rings. The molecule has 27 heavy (non-hydrogen) atoms. The first-order chi connectivity index (χ1) is 12.8. The topological polar surface area (TPSA) is 55.1 Å². The van der Waals surface area contributed by atoms with E-state index in [0.29, 0.717) is 5.92 Å². The number of imidazole rings is 1. The number of nitrogens with zero attached hydrogens (tertiary/aromatic N) is 2. The lowest BCUT2D eigenvalue weighted by Crippen LogP contribution is -2.06. The van der Waals surface area contributed by atoms with Gasteiger partial charge in [0.1, 0.15) is 0 Å². The van der Waals surface area contributed by atoms with Gasteiger partial charge in [0.25, 0.3) is 0 Å². The zero-order chi connectivity index (χ0) is 20.0. The van der Waals surface area contributed by atoms with Crippen LogP contribution in [0.1, 0.15) is 57.8 Å². The Balaban J connectivity index is 2.18. The number of hydrogen-bond acceptors (Lipinski definition) is 3. The minimum Gasteiger partial charge on any atom is -0.478 e. The number of hydrogen-bond donors (Lipinski definition) is 1. The minimum absolute atomic E-state index is 0.281. The quantitative estimate of drug-likeness (QED) is 0.413.